The molecule has 0 bridgehead atoms. The second kappa shape index (κ2) is 7.02. The molecule has 0 spiro atoms. The van der Waals surface area contributed by atoms with Gasteiger partial charge in [-0.2, -0.15) is 0 Å². The van der Waals surface area contributed by atoms with Gasteiger partial charge in [0.2, 0.25) is 14.1 Å². The lowest BCUT2D eigenvalue weighted by atomic mass is 10.1. The van der Waals surface area contributed by atoms with Crippen molar-refractivity contribution < 1.29 is 26.4 Å². The van der Waals surface area contributed by atoms with E-state index in [0.717, 1.165) is 5.56 Å². The molecule has 24 heavy (non-hydrogen) atoms. The predicted molar refractivity (Wildman–Crippen MR) is 83.9 cm³/mol. The van der Waals surface area contributed by atoms with E-state index in [0.29, 0.717) is 6.42 Å². The highest BCUT2D eigenvalue weighted by molar-refractivity contribution is 6.84. The summed E-state index contributed by atoms with van der Waals surface area (Å²) < 4.78 is 74.2. The summed E-state index contributed by atoms with van der Waals surface area (Å²) in [7, 11) is -3.42. The average molecular weight is 360 g/mol. The van der Waals surface area contributed by atoms with Gasteiger partial charge in [-0.15, -0.1) is 0 Å². The number of halogens is 5. The predicted octanol–water partition coefficient (Wildman–Crippen LogP) is 4.96. The Kier molecular flexibility index (Phi) is 5.44. The molecule has 2 aromatic carbocycles. The minimum absolute atomic E-state index is 0.496. The van der Waals surface area contributed by atoms with Crippen molar-refractivity contribution in [3.8, 4) is 0 Å². The van der Waals surface area contributed by atoms with Gasteiger partial charge in [-0.05, 0) is 25.1 Å². The Hall–Kier alpha value is -1.73. The summed E-state index contributed by atoms with van der Waals surface area (Å²) in [6, 6.07) is 8.96. The molecule has 1 atom stereocenters. The highest BCUT2D eigenvalue weighted by Gasteiger charge is 2.39. The molecule has 0 fully saturated rings. The van der Waals surface area contributed by atoms with Gasteiger partial charge in [0.15, 0.2) is 23.3 Å². The third kappa shape index (κ3) is 3.37. The fourth-order valence-corrected chi connectivity index (χ4v) is 5.01. The third-order valence-corrected chi connectivity index (χ3v) is 6.31. The molecule has 2 aromatic rings. The number of hydrogen-bond acceptors (Lipinski definition) is 1. The molecule has 0 aliphatic heterocycles. The van der Waals surface area contributed by atoms with E-state index in [1.165, 1.54) is 13.1 Å². The fourth-order valence-electron chi connectivity index (χ4n) is 2.60. The van der Waals surface area contributed by atoms with Crippen molar-refractivity contribution >= 4 is 13.5 Å². The molecule has 7 heteroatoms. The van der Waals surface area contributed by atoms with Crippen LogP contribution in [0.4, 0.5) is 22.0 Å². The first kappa shape index (κ1) is 18.6. The van der Waals surface area contributed by atoms with Crippen LogP contribution in [0.1, 0.15) is 25.0 Å². The van der Waals surface area contributed by atoms with Crippen LogP contribution in [0, 0.1) is 29.1 Å². The van der Waals surface area contributed by atoms with Crippen molar-refractivity contribution in [3.05, 3.63) is 65.0 Å². The van der Waals surface area contributed by atoms with Gasteiger partial charge in [0.1, 0.15) is 0 Å². The molecule has 0 saturated carbocycles. The van der Waals surface area contributed by atoms with Crippen molar-refractivity contribution in [1.29, 1.82) is 0 Å². The van der Waals surface area contributed by atoms with E-state index in [4.69, 9.17) is 4.43 Å². The van der Waals surface area contributed by atoms with E-state index >= 15 is 0 Å². The minimum Gasteiger partial charge on any atom is -0.406 e. The molecule has 0 saturated heterocycles. The molecule has 0 radical (unpaired) electrons. The zero-order chi connectivity index (χ0) is 18.1. The second-order valence-corrected chi connectivity index (χ2v) is 9.64. The normalized spacial score (nSPS) is 13.2. The summed E-state index contributed by atoms with van der Waals surface area (Å²) in [6.45, 7) is 4.65. The van der Waals surface area contributed by atoms with Crippen LogP contribution in [0.3, 0.4) is 0 Å². The van der Waals surface area contributed by atoms with Crippen molar-refractivity contribution in [2.24, 2.45) is 0 Å². The van der Waals surface area contributed by atoms with Gasteiger partial charge in [-0.25, -0.2) is 22.0 Å². The smallest absolute Gasteiger partial charge is 0.225 e. The number of benzene rings is 2. The van der Waals surface area contributed by atoms with Crippen molar-refractivity contribution in [1.82, 2.24) is 0 Å². The average Bonchev–Trinajstić information content (AvgIpc) is 2.57. The molecular weight excluding hydrogens is 343 g/mol. The van der Waals surface area contributed by atoms with Crippen LogP contribution >= 0.6 is 0 Å². The Morgan fingerprint density at radius 1 is 0.833 bits per heavy atom. The molecule has 0 aliphatic carbocycles. The zero-order valence-corrected chi connectivity index (χ0v) is 14.5. The molecule has 0 N–H and O–H groups in total. The Balaban J connectivity index is 2.47. The topological polar surface area (TPSA) is 9.23 Å². The van der Waals surface area contributed by atoms with Crippen LogP contribution < -0.4 is 5.19 Å². The van der Waals surface area contributed by atoms with Crippen LogP contribution in [0.15, 0.2) is 30.3 Å². The molecule has 2 rings (SSSR count). The van der Waals surface area contributed by atoms with Gasteiger partial charge < -0.3 is 4.43 Å². The Morgan fingerprint density at radius 2 is 1.29 bits per heavy atom. The lowest BCUT2D eigenvalue weighted by Gasteiger charge is -2.30. The van der Waals surface area contributed by atoms with E-state index in [-0.39, 0.29) is 0 Å². The van der Waals surface area contributed by atoms with Crippen LogP contribution in [-0.4, -0.2) is 8.32 Å². The van der Waals surface area contributed by atoms with E-state index in [1.807, 2.05) is 13.0 Å². The molecule has 1 unspecified atom stereocenters. The lowest BCUT2D eigenvalue weighted by molar-refractivity contribution is 0.195. The summed E-state index contributed by atoms with van der Waals surface area (Å²) in [4.78, 5) is 0. The SMILES string of the molecule is CCC(O[Si](C)(C)c1c(F)c(F)c(F)c(F)c1F)c1ccccc1. The van der Waals surface area contributed by atoms with Gasteiger partial charge in [0.25, 0.3) is 0 Å². The van der Waals surface area contributed by atoms with E-state index in [2.05, 4.69) is 0 Å². The lowest BCUT2D eigenvalue weighted by Crippen LogP contribution is -2.50. The molecule has 1 nitrogen and oxygen atoms in total. The highest BCUT2D eigenvalue weighted by atomic mass is 28.4. The monoisotopic (exact) mass is 360 g/mol. The molecule has 0 heterocycles. The van der Waals surface area contributed by atoms with Crippen LogP contribution in [0.25, 0.3) is 0 Å². The summed E-state index contributed by atoms with van der Waals surface area (Å²) in [6.07, 6.45) is -0.00149. The van der Waals surface area contributed by atoms with Gasteiger partial charge in [-0.1, -0.05) is 37.3 Å². The molecular formula is C17H17F5OSi. The third-order valence-electron chi connectivity index (χ3n) is 3.79. The zero-order valence-electron chi connectivity index (χ0n) is 13.5. The van der Waals surface area contributed by atoms with E-state index < -0.39 is 48.7 Å². The maximum Gasteiger partial charge on any atom is 0.225 e. The van der Waals surface area contributed by atoms with Crippen LogP contribution in [-0.2, 0) is 4.43 Å². The molecule has 130 valence electrons. The summed E-state index contributed by atoms with van der Waals surface area (Å²) >= 11 is 0. The first-order chi connectivity index (χ1) is 11.2. The first-order valence-electron chi connectivity index (χ1n) is 7.45. The van der Waals surface area contributed by atoms with Crippen molar-refractivity contribution in [3.63, 3.8) is 0 Å². The number of rotatable bonds is 5. The van der Waals surface area contributed by atoms with Gasteiger partial charge in [-0.3, -0.25) is 0 Å². The Bertz CT molecular complexity index is 705. The Labute approximate surface area is 138 Å². The molecule has 0 aromatic heterocycles. The van der Waals surface area contributed by atoms with E-state index in [9.17, 15) is 22.0 Å². The maximum atomic E-state index is 14.1. The van der Waals surface area contributed by atoms with Gasteiger partial charge in [0.05, 0.1) is 6.10 Å². The van der Waals surface area contributed by atoms with Crippen molar-refractivity contribution in [2.45, 2.75) is 32.5 Å². The molecule has 0 aliphatic rings. The summed E-state index contributed by atoms with van der Waals surface area (Å²) in [5.41, 5.74) is 0.782. The van der Waals surface area contributed by atoms with E-state index in [1.54, 1.807) is 24.3 Å². The Morgan fingerprint density at radius 3 is 1.75 bits per heavy atom. The first-order valence-corrected chi connectivity index (χ1v) is 10.4. The van der Waals surface area contributed by atoms with Crippen molar-refractivity contribution in [2.75, 3.05) is 0 Å². The van der Waals surface area contributed by atoms with Gasteiger partial charge >= 0.3 is 0 Å². The second-order valence-electron chi connectivity index (χ2n) is 5.88. The summed E-state index contributed by atoms with van der Waals surface area (Å²) in [5.74, 6) is -9.67. The summed E-state index contributed by atoms with van der Waals surface area (Å²) in [5, 5.41) is -0.840. The number of hydrogen-bond donors (Lipinski definition) is 0. The quantitative estimate of drug-likeness (QED) is 0.317. The minimum atomic E-state index is -3.42. The van der Waals surface area contributed by atoms with Crippen LogP contribution in [0.5, 0.6) is 0 Å². The van der Waals surface area contributed by atoms with Crippen LogP contribution in [0.2, 0.25) is 13.1 Å². The standard InChI is InChI=1S/C17H17F5OSi/c1-4-11(10-8-6-5-7-9-10)23-24(2,3)17-15(21)13(19)12(18)14(20)16(17)22/h5-9,11H,4H2,1-3H3. The highest BCUT2D eigenvalue weighted by Crippen LogP contribution is 2.27. The molecule has 0 amide bonds. The van der Waals surface area contributed by atoms with Gasteiger partial charge in [0, 0.05) is 5.19 Å². The fraction of sp³-hybridized carbons (Fsp3) is 0.294. The largest absolute Gasteiger partial charge is 0.406 e. The maximum absolute atomic E-state index is 14.1.